The van der Waals surface area contributed by atoms with E-state index in [1.807, 2.05) is 19.1 Å². The lowest BCUT2D eigenvalue weighted by molar-refractivity contribution is 0.101. The van der Waals surface area contributed by atoms with Crippen LogP contribution in [0.5, 0.6) is 5.75 Å². The molecule has 0 spiro atoms. The fraction of sp³-hybridized carbons (Fsp3) is 0.0526. The highest BCUT2D eigenvalue weighted by molar-refractivity contribution is 7.14. The highest BCUT2D eigenvalue weighted by atomic mass is 32.1. The van der Waals surface area contributed by atoms with E-state index in [4.69, 9.17) is 4.52 Å². The van der Waals surface area contributed by atoms with Gasteiger partial charge in [-0.2, -0.15) is 0 Å². The van der Waals surface area contributed by atoms with Gasteiger partial charge in [-0.05, 0) is 30.7 Å². The first-order chi connectivity index (χ1) is 13.6. The van der Waals surface area contributed by atoms with Gasteiger partial charge in [0.05, 0.1) is 0 Å². The first-order valence-electron chi connectivity index (χ1n) is 8.30. The fourth-order valence-corrected chi connectivity index (χ4v) is 3.09. The molecule has 9 heteroatoms. The number of nitrogens with one attached hydrogen (secondary N) is 2. The van der Waals surface area contributed by atoms with Gasteiger partial charge in [-0.1, -0.05) is 17.3 Å². The number of amides is 1. The molecule has 4 aromatic rings. The highest BCUT2D eigenvalue weighted by Crippen LogP contribution is 2.29. The number of benzene rings is 1. The molecule has 28 heavy (non-hydrogen) atoms. The first-order valence-corrected chi connectivity index (χ1v) is 9.18. The number of carbonyl (C=O) groups excluding carboxylic acids is 1. The number of aromatic hydroxyl groups is 1. The zero-order chi connectivity index (χ0) is 19.5. The Morgan fingerprint density at radius 1 is 1.21 bits per heavy atom. The molecular formula is C19H15N5O3S. The summed E-state index contributed by atoms with van der Waals surface area (Å²) >= 11 is 1.37. The van der Waals surface area contributed by atoms with Gasteiger partial charge in [0.25, 0.3) is 5.91 Å². The van der Waals surface area contributed by atoms with Gasteiger partial charge in [0.1, 0.15) is 17.3 Å². The van der Waals surface area contributed by atoms with Crippen molar-refractivity contribution in [3.63, 3.8) is 0 Å². The van der Waals surface area contributed by atoms with Crippen LogP contribution in [0.15, 0.2) is 58.6 Å². The third-order valence-electron chi connectivity index (χ3n) is 3.87. The number of thiazole rings is 1. The number of aromatic nitrogens is 3. The summed E-state index contributed by atoms with van der Waals surface area (Å²) in [6.45, 7) is 1.83. The average molecular weight is 393 g/mol. The van der Waals surface area contributed by atoms with E-state index >= 15 is 0 Å². The first kappa shape index (κ1) is 17.7. The molecule has 0 bridgehead atoms. The number of nitrogens with zero attached hydrogens (tertiary/aromatic N) is 3. The molecule has 3 heterocycles. The SMILES string of the molecule is Cc1ccc(Nc2nc(-c3cc(C(=O)Nc4ccccn4)no3)cs2)cc1O. The molecule has 0 saturated heterocycles. The molecule has 3 N–H and O–H groups in total. The van der Waals surface area contributed by atoms with Crippen LogP contribution in [0.1, 0.15) is 16.1 Å². The number of carbonyl (C=O) groups is 1. The minimum atomic E-state index is -0.419. The van der Waals surface area contributed by atoms with E-state index in [1.165, 1.54) is 17.4 Å². The Hall–Kier alpha value is -3.72. The van der Waals surface area contributed by atoms with Crippen LogP contribution in [0.3, 0.4) is 0 Å². The number of hydrogen-bond acceptors (Lipinski definition) is 8. The minimum Gasteiger partial charge on any atom is -0.508 e. The van der Waals surface area contributed by atoms with Crippen LogP contribution in [0, 0.1) is 6.92 Å². The Morgan fingerprint density at radius 2 is 2.11 bits per heavy atom. The Bertz CT molecular complexity index is 1120. The van der Waals surface area contributed by atoms with Crippen LogP contribution in [0.4, 0.5) is 16.6 Å². The number of aryl methyl sites for hydroxylation is 1. The van der Waals surface area contributed by atoms with Gasteiger partial charge in [-0.25, -0.2) is 9.97 Å². The van der Waals surface area contributed by atoms with Gasteiger partial charge < -0.3 is 20.3 Å². The maximum Gasteiger partial charge on any atom is 0.279 e. The molecule has 3 aromatic heterocycles. The summed E-state index contributed by atoms with van der Waals surface area (Å²) in [5, 5.41) is 21.8. The maximum absolute atomic E-state index is 12.2. The molecule has 0 atom stereocenters. The summed E-state index contributed by atoms with van der Waals surface area (Å²) in [5.41, 5.74) is 2.19. The van der Waals surface area contributed by atoms with E-state index < -0.39 is 5.91 Å². The lowest BCUT2D eigenvalue weighted by Crippen LogP contribution is -2.12. The Kier molecular flexibility index (Phi) is 4.73. The van der Waals surface area contributed by atoms with Crippen molar-refractivity contribution >= 4 is 33.9 Å². The largest absolute Gasteiger partial charge is 0.508 e. The van der Waals surface area contributed by atoms with Crippen molar-refractivity contribution in [1.29, 1.82) is 0 Å². The molecule has 1 amide bonds. The summed E-state index contributed by atoms with van der Waals surface area (Å²) in [5.74, 6) is 0.596. The number of rotatable bonds is 5. The predicted octanol–water partition coefficient (Wildman–Crippen LogP) is 4.20. The van der Waals surface area contributed by atoms with Gasteiger partial charge >= 0.3 is 0 Å². The van der Waals surface area contributed by atoms with Crippen LogP contribution < -0.4 is 10.6 Å². The zero-order valence-electron chi connectivity index (χ0n) is 14.7. The molecule has 0 fully saturated rings. The second kappa shape index (κ2) is 7.49. The van der Waals surface area contributed by atoms with E-state index in [0.29, 0.717) is 22.4 Å². The molecule has 8 nitrogen and oxygen atoms in total. The van der Waals surface area contributed by atoms with Crippen molar-refractivity contribution in [2.45, 2.75) is 6.92 Å². The molecule has 0 aliphatic carbocycles. The van der Waals surface area contributed by atoms with Crippen molar-refractivity contribution < 1.29 is 14.4 Å². The topological polar surface area (TPSA) is 113 Å². The van der Waals surface area contributed by atoms with E-state index in [0.717, 1.165) is 11.3 Å². The van der Waals surface area contributed by atoms with E-state index in [2.05, 4.69) is 25.8 Å². The van der Waals surface area contributed by atoms with E-state index in [9.17, 15) is 9.90 Å². The molecule has 0 aliphatic rings. The number of hydrogen-bond donors (Lipinski definition) is 3. The summed E-state index contributed by atoms with van der Waals surface area (Å²) < 4.78 is 5.25. The summed E-state index contributed by atoms with van der Waals surface area (Å²) in [6, 6.07) is 12.0. The number of phenolic OH excluding ortho intramolecular Hbond substituents is 1. The smallest absolute Gasteiger partial charge is 0.279 e. The van der Waals surface area contributed by atoms with Gasteiger partial charge in [-0.3, -0.25) is 4.79 Å². The molecule has 140 valence electrons. The van der Waals surface area contributed by atoms with E-state index in [1.54, 1.807) is 35.8 Å². The molecule has 0 saturated carbocycles. The zero-order valence-corrected chi connectivity index (χ0v) is 15.5. The van der Waals surface area contributed by atoms with Crippen LogP contribution in [0.2, 0.25) is 0 Å². The lowest BCUT2D eigenvalue weighted by Gasteiger charge is -2.04. The summed E-state index contributed by atoms with van der Waals surface area (Å²) in [7, 11) is 0. The molecular weight excluding hydrogens is 378 g/mol. The third kappa shape index (κ3) is 3.84. The van der Waals surface area contributed by atoms with Crippen LogP contribution in [-0.2, 0) is 0 Å². The Labute approximate surface area is 163 Å². The van der Waals surface area contributed by atoms with Crippen LogP contribution in [-0.4, -0.2) is 26.1 Å². The van der Waals surface area contributed by atoms with Gasteiger partial charge in [0.2, 0.25) is 0 Å². The summed E-state index contributed by atoms with van der Waals surface area (Å²) in [4.78, 5) is 20.7. The molecule has 1 aromatic carbocycles. The monoisotopic (exact) mass is 393 g/mol. The van der Waals surface area contributed by atoms with Crippen LogP contribution in [0.25, 0.3) is 11.5 Å². The Morgan fingerprint density at radius 3 is 2.89 bits per heavy atom. The quantitative estimate of drug-likeness (QED) is 0.465. The molecule has 0 unspecified atom stereocenters. The second-order valence-corrected chi connectivity index (χ2v) is 6.77. The van der Waals surface area contributed by atoms with Crippen LogP contribution >= 0.6 is 11.3 Å². The molecule has 4 rings (SSSR count). The lowest BCUT2D eigenvalue weighted by atomic mass is 10.2. The fourth-order valence-electron chi connectivity index (χ4n) is 2.37. The average Bonchev–Trinajstić information content (AvgIpc) is 3.35. The number of pyridine rings is 1. The second-order valence-electron chi connectivity index (χ2n) is 5.91. The van der Waals surface area contributed by atoms with Crippen molar-refractivity contribution in [1.82, 2.24) is 15.1 Å². The van der Waals surface area contributed by atoms with Crippen molar-refractivity contribution in [2.75, 3.05) is 10.6 Å². The minimum absolute atomic E-state index is 0.131. The Balaban J connectivity index is 1.47. The van der Waals surface area contributed by atoms with E-state index in [-0.39, 0.29) is 11.4 Å². The highest BCUT2D eigenvalue weighted by Gasteiger charge is 2.16. The van der Waals surface area contributed by atoms with Gasteiger partial charge in [0, 0.05) is 29.4 Å². The number of anilines is 3. The van der Waals surface area contributed by atoms with Gasteiger partial charge in [0.15, 0.2) is 16.6 Å². The van der Waals surface area contributed by atoms with Gasteiger partial charge in [-0.15, -0.1) is 11.3 Å². The van der Waals surface area contributed by atoms with Crippen molar-refractivity contribution in [3.05, 3.63) is 65.3 Å². The normalized spacial score (nSPS) is 10.6. The predicted molar refractivity (Wildman–Crippen MR) is 106 cm³/mol. The molecule has 0 radical (unpaired) electrons. The number of phenols is 1. The third-order valence-corrected chi connectivity index (χ3v) is 4.62. The maximum atomic E-state index is 12.2. The standard InChI is InChI=1S/C19H15N5O3S/c1-11-5-6-12(8-15(11)25)21-19-22-14(10-28-19)16-9-13(24-27-16)18(26)23-17-4-2-3-7-20-17/h2-10,25H,1H3,(H,21,22)(H,20,23,26). The van der Waals surface area contributed by atoms with Crippen molar-refractivity contribution in [2.24, 2.45) is 0 Å². The van der Waals surface area contributed by atoms with Crippen molar-refractivity contribution in [3.8, 4) is 17.2 Å². The molecule has 0 aliphatic heterocycles. The summed E-state index contributed by atoms with van der Waals surface area (Å²) in [6.07, 6.45) is 1.58.